The fourth-order valence-electron chi connectivity index (χ4n) is 4.15. The Bertz CT molecular complexity index is 1450. The summed E-state index contributed by atoms with van der Waals surface area (Å²) in [5, 5.41) is 5.88. The van der Waals surface area contributed by atoms with Crippen molar-refractivity contribution in [1.29, 1.82) is 0 Å². The number of anilines is 3. The highest BCUT2D eigenvalue weighted by Crippen LogP contribution is 2.37. The van der Waals surface area contributed by atoms with Crippen LogP contribution in [0.2, 0.25) is 0 Å². The topological polar surface area (TPSA) is 88.6 Å². The Morgan fingerprint density at radius 3 is 2.44 bits per heavy atom. The molecule has 0 atom stereocenters. The number of rotatable bonds is 9. The van der Waals surface area contributed by atoms with E-state index in [1.54, 1.807) is 12.3 Å². The molecule has 8 heteroatoms. The van der Waals surface area contributed by atoms with Gasteiger partial charge in [0.05, 0.1) is 0 Å². The van der Waals surface area contributed by atoms with Crippen LogP contribution in [-0.2, 0) is 0 Å². The van der Waals surface area contributed by atoms with Crippen LogP contribution in [0.4, 0.5) is 22.2 Å². The van der Waals surface area contributed by atoms with Crippen LogP contribution in [0.15, 0.2) is 66.9 Å². The lowest BCUT2D eigenvalue weighted by Gasteiger charge is -2.17. The molecule has 0 spiro atoms. The van der Waals surface area contributed by atoms with Crippen LogP contribution >= 0.6 is 0 Å². The molecular weight excluding hydrogens is 490 g/mol. The lowest BCUT2D eigenvalue weighted by atomic mass is 9.93. The number of benzene rings is 3. The number of carbonyl (C=O) groups excluding carboxylic acids is 1. The third-order valence-corrected chi connectivity index (χ3v) is 6.31. The number of ether oxygens (including phenoxy) is 2. The number of hydrogen-bond donors (Lipinski definition) is 2. The quantitative estimate of drug-likeness (QED) is 0.252. The molecule has 0 fully saturated rings. The zero-order chi connectivity index (χ0) is 27.9. The smallest absolute Gasteiger partial charge is 0.418 e. The molecule has 202 valence electrons. The zero-order valence-electron chi connectivity index (χ0n) is 23.3. The molecule has 8 nitrogen and oxygen atoms in total. The molecule has 4 aromatic rings. The monoisotopic (exact) mass is 525 g/mol. The number of aromatic nitrogens is 2. The molecule has 0 saturated heterocycles. The van der Waals surface area contributed by atoms with Crippen LogP contribution in [0.1, 0.15) is 22.3 Å². The minimum absolute atomic E-state index is 0.319. The predicted octanol–water partition coefficient (Wildman–Crippen LogP) is 6.67. The number of carbonyl (C=O) groups is 1. The highest BCUT2D eigenvalue weighted by molar-refractivity contribution is 5.88. The molecule has 3 aromatic carbocycles. The highest BCUT2D eigenvalue weighted by atomic mass is 16.6. The fraction of sp³-hybridized carbons (Fsp3) is 0.258. The molecule has 0 unspecified atom stereocenters. The Labute approximate surface area is 230 Å². The van der Waals surface area contributed by atoms with Crippen LogP contribution in [-0.4, -0.2) is 48.2 Å². The number of nitrogens with one attached hydrogen (secondary N) is 2. The van der Waals surface area contributed by atoms with Gasteiger partial charge in [0, 0.05) is 24.0 Å². The summed E-state index contributed by atoms with van der Waals surface area (Å²) in [6.45, 7) is 9.58. The Hall–Kier alpha value is -4.43. The summed E-state index contributed by atoms with van der Waals surface area (Å²) in [6.07, 6.45) is 0.944. The Kier molecular flexibility index (Phi) is 8.78. The molecule has 1 amide bonds. The average Bonchev–Trinajstić information content (AvgIpc) is 2.88. The van der Waals surface area contributed by atoms with Gasteiger partial charge in [-0.25, -0.2) is 9.78 Å². The van der Waals surface area contributed by atoms with Crippen LogP contribution in [0, 0.1) is 27.7 Å². The second kappa shape index (κ2) is 12.4. The summed E-state index contributed by atoms with van der Waals surface area (Å²) in [5.74, 6) is 1.97. The summed E-state index contributed by atoms with van der Waals surface area (Å²) < 4.78 is 11.6. The Morgan fingerprint density at radius 2 is 1.69 bits per heavy atom. The number of amides is 1. The van der Waals surface area contributed by atoms with Crippen molar-refractivity contribution in [3.05, 3.63) is 89.1 Å². The van der Waals surface area contributed by atoms with Crippen molar-refractivity contribution >= 4 is 23.5 Å². The van der Waals surface area contributed by atoms with Gasteiger partial charge in [0.1, 0.15) is 23.9 Å². The lowest BCUT2D eigenvalue weighted by Crippen LogP contribution is -2.19. The largest absolute Gasteiger partial charge is 0.492 e. The molecule has 0 aliphatic carbocycles. The first-order chi connectivity index (χ1) is 18.7. The van der Waals surface area contributed by atoms with Crippen molar-refractivity contribution in [2.45, 2.75) is 27.7 Å². The summed E-state index contributed by atoms with van der Waals surface area (Å²) in [4.78, 5) is 23.7. The Morgan fingerprint density at radius 1 is 0.923 bits per heavy atom. The van der Waals surface area contributed by atoms with Crippen molar-refractivity contribution in [2.24, 2.45) is 0 Å². The van der Waals surface area contributed by atoms with Crippen LogP contribution < -0.4 is 20.1 Å². The van der Waals surface area contributed by atoms with Gasteiger partial charge in [0.25, 0.3) is 0 Å². The molecule has 0 saturated carbocycles. The van der Waals surface area contributed by atoms with E-state index in [2.05, 4.69) is 45.4 Å². The van der Waals surface area contributed by atoms with Crippen molar-refractivity contribution in [2.75, 3.05) is 37.9 Å². The van der Waals surface area contributed by atoms with Gasteiger partial charge >= 0.3 is 6.09 Å². The van der Waals surface area contributed by atoms with Gasteiger partial charge in [0.15, 0.2) is 0 Å². The number of nitrogens with zero attached hydrogens (tertiary/aromatic N) is 3. The second-order valence-electron chi connectivity index (χ2n) is 9.79. The third kappa shape index (κ3) is 7.33. The summed E-state index contributed by atoms with van der Waals surface area (Å²) in [5.41, 5.74) is 7.00. The summed E-state index contributed by atoms with van der Waals surface area (Å²) in [7, 11) is 4.01. The number of aryl methyl sites for hydroxylation is 3. The SMILES string of the molecule is Cc1cc(C)c(OC(=O)Nc2ccnc(Nc3ccc(OCCN(C)C)cc3)n2)c(-c2cccc(C)c2C)c1. The van der Waals surface area contributed by atoms with Gasteiger partial charge in [-0.2, -0.15) is 4.98 Å². The van der Waals surface area contributed by atoms with E-state index in [4.69, 9.17) is 9.47 Å². The normalized spacial score (nSPS) is 10.8. The average molecular weight is 526 g/mol. The van der Waals surface area contributed by atoms with Gasteiger partial charge < -0.3 is 19.7 Å². The van der Waals surface area contributed by atoms with Crippen molar-refractivity contribution in [1.82, 2.24) is 14.9 Å². The van der Waals surface area contributed by atoms with Crippen molar-refractivity contribution in [3.8, 4) is 22.6 Å². The standard InChI is InChI=1S/C31H35N5O3/c1-20-18-22(3)29(27(19-20)26-9-7-8-21(2)23(26)4)39-31(37)35-28-14-15-32-30(34-28)33-24-10-12-25(13-11-24)38-17-16-36(5)6/h7-15,18-19H,16-17H2,1-6H3,(H2,32,33,34,35,37). The van der Waals surface area contributed by atoms with Gasteiger partial charge in [-0.15, -0.1) is 0 Å². The molecule has 0 radical (unpaired) electrons. The zero-order valence-corrected chi connectivity index (χ0v) is 23.3. The fourth-order valence-corrected chi connectivity index (χ4v) is 4.15. The lowest BCUT2D eigenvalue weighted by molar-refractivity contribution is 0.215. The minimum Gasteiger partial charge on any atom is -0.492 e. The van der Waals surface area contributed by atoms with Gasteiger partial charge in [0.2, 0.25) is 5.95 Å². The maximum Gasteiger partial charge on any atom is 0.418 e. The number of likely N-dealkylation sites (N-methyl/N-ethyl adjacent to an activating group) is 1. The van der Waals surface area contributed by atoms with Crippen molar-refractivity contribution < 1.29 is 14.3 Å². The van der Waals surface area contributed by atoms with Crippen LogP contribution in [0.5, 0.6) is 11.5 Å². The number of hydrogen-bond acceptors (Lipinski definition) is 7. The van der Waals surface area contributed by atoms with Gasteiger partial charge in [-0.1, -0.05) is 24.3 Å². The molecule has 0 aliphatic heterocycles. The maximum atomic E-state index is 13.0. The van der Waals surface area contributed by atoms with E-state index in [0.29, 0.717) is 24.1 Å². The molecule has 1 heterocycles. The van der Waals surface area contributed by atoms with E-state index in [9.17, 15) is 4.79 Å². The first-order valence-electron chi connectivity index (χ1n) is 12.8. The molecule has 4 rings (SSSR count). The molecule has 0 aliphatic rings. The third-order valence-electron chi connectivity index (χ3n) is 6.31. The van der Waals surface area contributed by atoms with E-state index < -0.39 is 6.09 Å². The molecule has 0 bridgehead atoms. The summed E-state index contributed by atoms with van der Waals surface area (Å²) in [6, 6.07) is 19.3. The van der Waals surface area contributed by atoms with Crippen LogP contribution in [0.25, 0.3) is 11.1 Å². The van der Waals surface area contributed by atoms with E-state index in [0.717, 1.165) is 45.8 Å². The highest BCUT2D eigenvalue weighted by Gasteiger charge is 2.17. The molecule has 1 aromatic heterocycles. The van der Waals surface area contributed by atoms with E-state index in [-0.39, 0.29) is 0 Å². The first-order valence-corrected chi connectivity index (χ1v) is 12.8. The van der Waals surface area contributed by atoms with Crippen molar-refractivity contribution in [3.63, 3.8) is 0 Å². The second-order valence-corrected chi connectivity index (χ2v) is 9.79. The predicted molar refractivity (Wildman–Crippen MR) is 156 cm³/mol. The van der Waals surface area contributed by atoms with E-state index in [1.165, 1.54) is 5.56 Å². The van der Waals surface area contributed by atoms with E-state index in [1.807, 2.05) is 76.5 Å². The minimum atomic E-state index is -0.627. The van der Waals surface area contributed by atoms with E-state index >= 15 is 0 Å². The molecular formula is C31H35N5O3. The van der Waals surface area contributed by atoms with Crippen LogP contribution in [0.3, 0.4) is 0 Å². The maximum absolute atomic E-state index is 13.0. The summed E-state index contributed by atoms with van der Waals surface area (Å²) >= 11 is 0. The molecule has 2 N–H and O–H groups in total. The van der Waals surface area contributed by atoms with Gasteiger partial charge in [-0.05, 0) is 106 Å². The first kappa shape index (κ1) is 27.6. The Balaban J connectivity index is 1.45. The van der Waals surface area contributed by atoms with Gasteiger partial charge in [-0.3, -0.25) is 5.32 Å². The molecule has 39 heavy (non-hydrogen) atoms.